The summed E-state index contributed by atoms with van der Waals surface area (Å²) >= 11 is 0. The van der Waals surface area contributed by atoms with Gasteiger partial charge >= 0.3 is 5.97 Å². The van der Waals surface area contributed by atoms with E-state index < -0.39 is 17.7 Å². The van der Waals surface area contributed by atoms with Crippen LogP contribution in [0.3, 0.4) is 0 Å². The molecule has 116 valence electrons. The Morgan fingerprint density at radius 2 is 2.00 bits per heavy atom. The molecule has 0 saturated heterocycles. The van der Waals surface area contributed by atoms with E-state index in [0.29, 0.717) is 12.2 Å². The van der Waals surface area contributed by atoms with E-state index in [-0.39, 0.29) is 11.9 Å². The second-order valence-electron chi connectivity index (χ2n) is 6.42. The molecular formula is C16H19N3O3. The number of aromatic nitrogens is 3. The standard InChI is InChI=1S/C16H19N3O3/c1-16(2,3)22-15(21)13-17-14-12(20)9-11(19(14)18-13)10-7-5-4-6-8-10/h4-8,11-12,20H,9H2,1-3H3/t11-,12+/m0/s1. The van der Waals surface area contributed by atoms with Gasteiger partial charge in [0.2, 0.25) is 0 Å². The van der Waals surface area contributed by atoms with Gasteiger partial charge in [0.15, 0.2) is 5.82 Å². The number of fused-ring (bicyclic) bond motifs is 1. The molecule has 6 nitrogen and oxygen atoms in total. The summed E-state index contributed by atoms with van der Waals surface area (Å²) in [4.78, 5) is 16.2. The van der Waals surface area contributed by atoms with Crippen LogP contribution in [0.15, 0.2) is 30.3 Å². The lowest BCUT2D eigenvalue weighted by molar-refractivity contribution is 0.00547. The largest absolute Gasteiger partial charge is 0.454 e. The number of carbonyl (C=O) groups is 1. The monoisotopic (exact) mass is 301 g/mol. The average Bonchev–Trinajstić information content (AvgIpc) is 2.99. The summed E-state index contributed by atoms with van der Waals surface area (Å²) in [7, 11) is 0. The Labute approximate surface area is 128 Å². The van der Waals surface area contributed by atoms with Gasteiger partial charge in [0.05, 0.1) is 6.04 Å². The minimum atomic E-state index is -0.728. The smallest absolute Gasteiger partial charge is 0.378 e. The van der Waals surface area contributed by atoms with Gasteiger partial charge in [0.1, 0.15) is 11.7 Å². The van der Waals surface area contributed by atoms with Crippen LogP contribution >= 0.6 is 0 Å². The molecule has 0 bridgehead atoms. The number of esters is 1. The van der Waals surface area contributed by atoms with Crippen LogP contribution in [0.2, 0.25) is 0 Å². The first-order valence-electron chi connectivity index (χ1n) is 7.28. The quantitative estimate of drug-likeness (QED) is 0.861. The highest BCUT2D eigenvalue weighted by molar-refractivity contribution is 5.85. The minimum absolute atomic E-state index is 0.00962. The van der Waals surface area contributed by atoms with Crippen molar-refractivity contribution in [3.8, 4) is 0 Å². The van der Waals surface area contributed by atoms with Crippen molar-refractivity contribution < 1.29 is 14.6 Å². The fourth-order valence-electron chi connectivity index (χ4n) is 2.57. The molecule has 1 aliphatic rings. The summed E-state index contributed by atoms with van der Waals surface area (Å²) in [6.45, 7) is 5.36. The van der Waals surface area contributed by atoms with Crippen LogP contribution in [0.5, 0.6) is 0 Å². The van der Waals surface area contributed by atoms with E-state index in [9.17, 15) is 9.90 Å². The molecule has 2 aromatic rings. The molecule has 2 heterocycles. The van der Waals surface area contributed by atoms with E-state index in [1.165, 1.54) is 0 Å². The molecule has 22 heavy (non-hydrogen) atoms. The molecule has 6 heteroatoms. The van der Waals surface area contributed by atoms with Crippen molar-refractivity contribution in [2.45, 2.75) is 44.9 Å². The summed E-state index contributed by atoms with van der Waals surface area (Å²) in [6, 6.07) is 9.64. The van der Waals surface area contributed by atoms with E-state index in [1.807, 2.05) is 30.3 Å². The van der Waals surface area contributed by atoms with Gasteiger partial charge in [0.25, 0.3) is 5.82 Å². The van der Waals surface area contributed by atoms with Gasteiger partial charge in [0, 0.05) is 6.42 Å². The molecule has 0 spiro atoms. The predicted octanol–water partition coefficient (Wildman–Crippen LogP) is 2.26. The zero-order valence-electron chi connectivity index (χ0n) is 12.9. The van der Waals surface area contributed by atoms with Crippen molar-refractivity contribution in [1.29, 1.82) is 0 Å². The fourth-order valence-corrected chi connectivity index (χ4v) is 2.57. The maximum Gasteiger partial charge on any atom is 0.378 e. The van der Waals surface area contributed by atoms with Gasteiger partial charge in [-0.3, -0.25) is 0 Å². The zero-order valence-corrected chi connectivity index (χ0v) is 12.9. The first-order valence-corrected chi connectivity index (χ1v) is 7.28. The summed E-state index contributed by atoms with van der Waals surface area (Å²) in [5.41, 5.74) is 0.422. The maximum atomic E-state index is 12.1. The molecule has 0 radical (unpaired) electrons. The Bertz CT molecular complexity index is 688. The van der Waals surface area contributed by atoms with Crippen LogP contribution in [0.25, 0.3) is 0 Å². The highest BCUT2D eigenvalue weighted by Crippen LogP contribution is 2.36. The van der Waals surface area contributed by atoms with Gasteiger partial charge in [-0.15, -0.1) is 5.10 Å². The van der Waals surface area contributed by atoms with E-state index in [1.54, 1.807) is 25.5 Å². The van der Waals surface area contributed by atoms with Crippen LogP contribution in [-0.2, 0) is 4.74 Å². The third-order valence-corrected chi connectivity index (χ3v) is 3.46. The maximum absolute atomic E-state index is 12.1. The summed E-state index contributed by atoms with van der Waals surface area (Å²) in [6.07, 6.45) is -0.220. The summed E-state index contributed by atoms with van der Waals surface area (Å²) in [5.74, 6) is -0.173. The Kier molecular flexibility index (Phi) is 3.48. The Morgan fingerprint density at radius 1 is 1.32 bits per heavy atom. The average molecular weight is 301 g/mol. The summed E-state index contributed by atoms with van der Waals surface area (Å²) < 4.78 is 6.90. The number of nitrogens with zero attached hydrogens (tertiary/aromatic N) is 3. The number of aliphatic hydroxyl groups excluding tert-OH is 1. The van der Waals surface area contributed by atoms with Crippen molar-refractivity contribution in [2.75, 3.05) is 0 Å². The fraction of sp³-hybridized carbons (Fsp3) is 0.438. The second kappa shape index (κ2) is 5.21. The molecule has 0 unspecified atom stereocenters. The van der Waals surface area contributed by atoms with Crippen LogP contribution in [0.4, 0.5) is 0 Å². The van der Waals surface area contributed by atoms with E-state index in [0.717, 1.165) is 5.56 Å². The molecule has 0 aliphatic carbocycles. The molecule has 0 fully saturated rings. The van der Waals surface area contributed by atoms with Crippen LogP contribution < -0.4 is 0 Å². The second-order valence-corrected chi connectivity index (χ2v) is 6.42. The molecule has 1 aliphatic heterocycles. The lowest BCUT2D eigenvalue weighted by Crippen LogP contribution is -2.25. The highest BCUT2D eigenvalue weighted by atomic mass is 16.6. The number of carbonyl (C=O) groups excluding carboxylic acids is 1. The molecule has 0 amide bonds. The Balaban J connectivity index is 1.92. The Hall–Kier alpha value is -2.21. The normalized spacial score (nSPS) is 20.7. The van der Waals surface area contributed by atoms with E-state index in [2.05, 4.69) is 10.1 Å². The van der Waals surface area contributed by atoms with Gasteiger partial charge < -0.3 is 9.84 Å². The van der Waals surface area contributed by atoms with Gasteiger partial charge in [-0.05, 0) is 26.3 Å². The van der Waals surface area contributed by atoms with E-state index >= 15 is 0 Å². The minimum Gasteiger partial charge on any atom is -0.454 e. The molecule has 2 atom stereocenters. The van der Waals surface area contributed by atoms with Gasteiger partial charge in [-0.25, -0.2) is 14.5 Å². The molecule has 1 aromatic carbocycles. The first kappa shape index (κ1) is 14.7. The number of hydrogen-bond donors (Lipinski definition) is 1. The molecular weight excluding hydrogens is 282 g/mol. The predicted molar refractivity (Wildman–Crippen MR) is 79.3 cm³/mol. The van der Waals surface area contributed by atoms with Crippen LogP contribution in [0.1, 0.15) is 61.3 Å². The van der Waals surface area contributed by atoms with Crippen LogP contribution in [-0.4, -0.2) is 31.4 Å². The zero-order chi connectivity index (χ0) is 15.9. The first-order chi connectivity index (χ1) is 10.3. The number of aliphatic hydroxyl groups is 1. The van der Waals surface area contributed by atoms with Gasteiger partial charge in [-0.2, -0.15) is 0 Å². The van der Waals surface area contributed by atoms with Crippen molar-refractivity contribution in [3.63, 3.8) is 0 Å². The lowest BCUT2D eigenvalue weighted by Gasteiger charge is -2.18. The van der Waals surface area contributed by atoms with Crippen molar-refractivity contribution >= 4 is 5.97 Å². The van der Waals surface area contributed by atoms with Crippen LogP contribution in [0, 0.1) is 0 Å². The van der Waals surface area contributed by atoms with Crippen molar-refractivity contribution in [1.82, 2.24) is 14.8 Å². The molecule has 1 N–H and O–H groups in total. The van der Waals surface area contributed by atoms with Crippen molar-refractivity contribution in [2.24, 2.45) is 0 Å². The lowest BCUT2D eigenvalue weighted by atomic mass is 10.0. The van der Waals surface area contributed by atoms with Gasteiger partial charge in [-0.1, -0.05) is 30.3 Å². The van der Waals surface area contributed by atoms with E-state index in [4.69, 9.17) is 4.74 Å². The number of ether oxygens (including phenoxy) is 1. The number of hydrogen-bond acceptors (Lipinski definition) is 5. The number of benzene rings is 1. The summed E-state index contributed by atoms with van der Waals surface area (Å²) in [5, 5.41) is 14.4. The third kappa shape index (κ3) is 2.74. The molecule has 3 rings (SSSR count). The highest BCUT2D eigenvalue weighted by Gasteiger charge is 2.35. The topological polar surface area (TPSA) is 77.2 Å². The Morgan fingerprint density at radius 3 is 2.64 bits per heavy atom. The SMILES string of the molecule is CC(C)(C)OC(=O)c1nc2n(n1)[C@H](c1ccccc1)C[C@H]2O. The molecule has 1 aromatic heterocycles. The van der Waals surface area contributed by atoms with Crippen molar-refractivity contribution in [3.05, 3.63) is 47.5 Å². The molecule has 0 saturated carbocycles. The number of rotatable bonds is 2. The third-order valence-electron chi connectivity index (χ3n) is 3.46.